The van der Waals surface area contributed by atoms with Gasteiger partial charge in [-0.05, 0) is 18.2 Å². The van der Waals surface area contributed by atoms with Gasteiger partial charge < -0.3 is 5.32 Å². The van der Waals surface area contributed by atoms with Gasteiger partial charge in [-0.25, -0.2) is 0 Å². The Morgan fingerprint density at radius 2 is 2.33 bits per heavy atom. The Labute approximate surface area is 95.6 Å². The number of aromatic amines is 1. The molecule has 2 N–H and O–H groups in total. The van der Waals surface area contributed by atoms with Gasteiger partial charge in [-0.2, -0.15) is 5.10 Å². The molecule has 0 aliphatic heterocycles. The second-order valence-electron chi connectivity index (χ2n) is 2.95. The van der Waals surface area contributed by atoms with E-state index in [0.29, 0.717) is 10.8 Å². The Hall–Kier alpha value is -1.26. The van der Waals surface area contributed by atoms with E-state index < -0.39 is 0 Å². The van der Waals surface area contributed by atoms with Crippen molar-refractivity contribution >= 4 is 45.7 Å². The molecule has 0 aliphatic carbocycles. The predicted octanol–water partition coefficient (Wildman–Crippen LogP) is 2.39. The van der Waals surface area contributed by atoms with Crippen LogP contribution in [0.2, 0.25) is 5.15 Å². The number of carbonyl (C=O) groups excluding carboxylic acids is 1. The molecule has 15 heavy (non-hydrogen) atoms. The average molecular weight is 244 g/mol. The topological polar surface area (TPSA) is 57.8 Å². The number of rotatable bonds is 2. The lowest BCUT2D eigenvalue weighted by atomic mass is 10.2. The standard InChI is InChI=1S/C9H7Cl2N3O/c10-4-8(15)12-5-1-2-7-6(3-5)9(11)14-13-7/h1-3H,4H2,(H,12,15)(H,13,14). The Kier molecular flexibility index (Phi) is 2.79. The van der Waals surface area contributed by atoms with Gasteiger partial charge in [0.25, 0.3) is 0 Å². The molecule has 78 valence electrons. The fourth-order valence-corrected chi connectivity index (χ4v) is 1.51. The van der Waals surface area contributed by atoms with Gasteiger partial charge in [-0.1, -0.05) is 11.6 Å². The normalized spacial score (nSPS) is 10.5. The van der Waals surface area contributed by atoms with Crippen LogP contribution in [0.15, 0.2) is 18.2 Å². The van der Waals surface area contributed by atoms with E-state index in [1.807, 2.05) is 0 Å². The van der Waals surface area contributed by atoms with Gasteiger partial charge in [0.2, 0.25) is 5.91 Å². The van der Waals surface area contributed by atoms with Gasteiger partial charge in [0.05, 0.1) is 5.52 Å². The summed E-state index contributed by atoms with van der Waals surface area (Å²) in [6, 6.07) is 5.25. The lowest BCUT2D eigenvalue weighted by Gasteiger charge is -2.01. The van der Waals surface area contributed by atoms with Crippen LogP contribution in [0.25, 0.3) is 10.9 Å². The highest BCUT2D eigenvalue weighted by molar-refractivity contribution is 6.34. The minimum Gasteiger partial charge on any atom is -0.325 e. The Bertz CT molecular complexity index is 509. The third-order valence-electron chi connectivity index (χ3n) is 1.91. The quantitative estimate of drug-likeness (QED) is 0.797. The minimum absolute atomic E-state index is 0.0723. The molecule has 2 aromatic rings. The summed E-state index contributed by atoms with van der Waals surface area (Å²) in [6.07, 6.45) is 0. The maximum absolute atomic E-state index is 11.0. The van der Waals surface area contributed by atoms with Crippen LogP contribution in [0.3, 0.4) is 0 Å². The number of hydrogen-bond donors (Lipinski definition) is 2. The molecule has 0 saturated carbocycles. The van der Waals surface area contributed by atoms with Crippen molar-refractivity contribution < 1.29 is 4.79 Å². The highest BCUT2D eigenvalue weighted by Gasteiger charge is 2.05. The molecule has 0 unspecified atom stereocenters. The largest absolute Gasteiger partial charge is 0.325 e. The van der Waals surface area contributed by atoms with E-state index in [4.69, 9.17) is 23.2 Å². The van der Waals surface area contributed by atoms with Crippen LogP contribution in [0.4, 0.5) is 5.69 Å². The van der Waals surface area contributed by atoms with Crippen LogP contribution >= 0.6 is 23.2 Å². The maximum Gasteiger partial charge on any atom is 0.239 e. The van der Waals surface area contributed by atoms with Crippen LogP contribution in [-0.2, 0) is 4.79 Å². The van der Waals surface area contributed by atoms with Crippen molar-refractivity contribution in [2.75, 3.05) is 11.2 Å². The smallest absolute Gasteiger partial charge is 0.239 e. The molecule has 0 bridgehead atoms. The highest BCUT2D eigenvalue weighted by Crippen LogP contribution is 2.23. The minimum atomic E-state index is -0.254. The Morgan fingerprint density at radius 3 is 3.07 bits per heavy atom. The first-order valence-electron chi connectivity index (χ1n) is 4.20. The average Bonchev–Trinajstić information content (AvgIpc) is 2.60. The summed E-state index contributed by atoms with van der Waals surface area (Å²) in [7, 11) is 0. The number of anilines is 1. The summed E-state index contributed by atoms with van der Waals surface area (Å²) in [5, 5.41) is 10.5. The van der Waals surface area contributed by atoms with E-state index in [9.17, 15) is 4.79 Å². The SMILES string of the molecule is O=C(CCl)Nc1ccc2n[nH]c(Cl)c2c1. The van der Waals surface area contributed by atoms with Crippen molar-refractivity contribution in [2.45, 2.75) is 0 Å². The van der Waals surface area contributed by atoms with E-state index in [1.165, 1.54) is 0 Å². The first-order valence-corrected chi connectivity index (χ1v) is 5.11. The number of aromatic nitrogens is 2. The zero-order valence-corrected chi connectivity index (χ0v) is 9.06. The number of benzene rings is 1. The number of carbonyl (C=O) groups is 1. The number of halogens is 2. The van der Waals surface area contributed by atoms with Crippen LogP contribution in [0.5, 0.6) is 0 Å². The molecule has 1 aromatic carbocycles. The van der Waals surface area contributed by atoms with Crippen molar-refractivity contribution in [3.8, 4) is 0 Å². The van der Waals surface area contributed by atoms with Gasteiger partial charge in [0.15, 0.2) is 0 Å². The predicted molar refractivity (Wildman–Crippen MR) is 60.5 cm³/mol. The molecular formula is C9H7Cl2N3O. The van der Waals surface area contributed by atoms with Gasteiger partial charge >= 0.3 is 0 Å². The van der Waals surface area contributed by atoms with Crippen LogP contribution in [-0.4, -0.2) is 22.0 Å². The molecule has 0 aliphatic rings. The van der Waals surface area contributed by atoms with Crippen molar-refractivity contribution in [3.05, 3.63) is 23.4 Å². The summed E-state index contributed by atoms with van der Waals surface area (Å²) in [6.45, 7) is 0. The second kappa shape index (κ2) is 4.08. The maximum atomic E-state index is 11.0. The monoisotopic (exact) mass is 243 g/mol. The van der Waals surface area contributed by atoms with Crippen molar-refractivity contribution in [3.63, 3.8) is 0 Å². The zero-order chi connectivity index (χ0) is 10.8. The molecule has 1 heterocycles. The molecule has 0 spiro atoms. The van der Waals surface area contributed by atoms with E-state index >= 15 is 0 Å². The number of hydrogen-bond acceptors (Lipinski definition) is 2. The zero-order valence-electron chi connectivity index (χ0n) is 7.55. The fourth-order valence-electron chi connectivity index (χ4n) is 1.25. The van der Waals surface area contributed by atoms with Gasteiger partial charge in [-0.15, -0.1) is 11.6 Å². The second-order valence-corrected chi connectivity index (χ2v) is 3.60. The van der Waals surface area contributed by atoms with Crippen LogP contribution < -0.4 is 5.32 Å². The molecule has 1 amide bonds. The third kappa shape index (κ3) is 2.06. The number of fused-ring (bicyclic) bond motifs is 1. The number of alkyl halides is 1. The molecule has 4 nitrogen and oxygen atoms in total. The van der Waals surface area contributed by atoms with Crippen molar-refractivity contribution in [1.82, 2.24) is 10.2 Å². The summed E-state index contributed by atoms with van der Waals surface area (Å²) in [4.78, 5) is 11.0. The van der Waals surface area contributed by atoms with Gasteiger partial charge in [0, 0.05) is 11.1 Å². The Morgan fingerprint density at radius 1 is 1.53 bits per heavy atom. The van der Waals surface area contributed by atoms with E-state index in [1.54, 1.807) is 18.2 Å². The number of amides is 1. The molecule has 1 aromatic heterocycles. The van der Waals surface area contributed by atoms with Crippen LogP contribution in [0.1, 0.15) is 0 Å². The van der Waals surface area contributed by atoms with E-state index in [-0.39, 0.29) is 11.8 Å². The van der Waals surface area contributed by atoms with Crippen molar-refractivity contribution in [2.24, 2.45) is 0 Å². The van der Waals surface area contributed by atoms with Gasteiger partial charge in [0.1, 0.15) is 11.0 Å². The van der Waals surface area contributed by atoms with Gasteiger partial charge in [-0.3, -0.25) is 9.89 Å². The molecule has 2 rings (SSSR count). The van der Waals surface area contributed by atoms with E-state index in [2.05, 4.69) is 15.5 Å². The Balaban J connectivity index is 2.37. The number of nitrogens with one attached hydrogen (secondary N) is 2. The highest BCUT2D eigenvalue weighted by atomic mass is 35.5. The third-order valence-corrected chi connectivity index (χ3v) is 2.44. The lowest BCUT2D eigenvalue weighted by molar-refractivity contribution is -0.113. The van der Waals surface area contributed by atoms with Crippen LogP contribution in [0, 0.1) is 0 Å². The number of H-pyrrole nitrogens is 1. The molecule has 6 heteroatoms. The van der Waals surface area contributed by atoms with E-state index in [0.717, 1.165) is 10.9 Å². The molecule has 0 radical (unpaired) electrons. The lowest BCUT2D eigenvalue weighted by Crippen LogP contribution is -2.12. The molecule has 0 atom stereocenters. The first kappa shape index (κ1) is 10.3. The molecule has 0 fully saturated rings. The fraction of sp³-hybridized carbons (Fsp3) is 0.111. The molecule has 0 saturated heterocycles. The van der Waals surface area contributed by atoms with Crippen molar-refractivity contribution in [1.29, 1.82) is 0 Å². The summed E-state index contributed by atoms with van der Waals surface area (Å²) in [5.74, 6) is -0.326. The summed E-state index contributed by atoms with van der Waals surface area (Å²) >= 11 is 11.2. The molecular weight excluding hydrogens is 237 g/mol. The first-order chi connectivity index (χ1) is 7.20. The number of nitrogens with zero attached hydrogens (tertiary/aromatic N) is 1. The summed E-state index contributed by atoms with van der Waals surface area (Å²) in [5.41, 5.74) is 1.40. The summed E-state index contributed by atoms with van der Waals surface area (Å²) < 4.78 is 0.